The number of aliphatic hydroxyl groups is 1. The molecule has 2 unspecified atom stereocenters. The number of ether oxygens (including phenoxy) is 1. The van der Waals surface area contributed by atoms with Crippen LogP contribution < -0.4 is 0 Å². The molecule has 136 valence electrons. The molecule has 2 atom stereocenters. The lowest BCUT2D eigenvalue weighted by molar-refractivity contribution is -0.0485. The molecule has 1 amide bonds. The molecule has 2 aliphatic heterocycles. The lowest BCUT2D eigenvalue weighted by atomic mass is 9.81. The van der Waals surface area contributed by atoms with Crippen LogP contribution in [0, 0.1) is 0 Å². The van der Waals surface area contributed by atoms with Gasteiger partial charge in [0, 0.05) is 30.9 Å². The average Bonchev–Trinajstić information content (AvgIpc) is 2.94. The highest BCUT2D eigenvalue weighted by Crippen LogP contribution is 2.42. The number of fused-ring (bicyclic) bond motifs is 2. The van der Waals surface area contributed by atoms with Gasteiger partial charge in [-0.15, -0.1) is 0 Å². The minimum atomic E-state index is -0.761. The summed E-state index contributed by atoms with van der Waals surface area (Å²) in [7, 11) is 0. The van der Waals surface area contributed by atoms with Crippen LogP contribution in [0.4, 0.5) is 4.79 Å². The molecule has 0 radical (unpaired) electrons. The van der Waals surface area contributed by atoms with Crippen LogP contribution in [0.5, 0.6) is 0 Å². The fraction of sp³-hybridized carbons (Fsp3) is 0.429. The number of carbonyl (C=O) groups excluding carboxylic acids is 1. The first-order valence-electron chi connectivity index (χ1n) is 9.23. The average molecular weight is 352 g/mol. The van der Waals surface area contributed by atoms with Crippen molar-refractivity contribution in [3.05, 3.63) is 66.0 Å². The number of carbonyl (C=O) groups is 1. The van der Waals surface area contributed by atoms with Crippen molar-refractivity contribution in [2.45, 2.75) is 56.4 Å². The summed E-state index contributed by atoms with van der Waals surface area (Å²) in [6.07, 6.45) is 6.93. The summed E-state index contributed by atoms with van der Waals surface area (Å²) in [4.78, 5) is 18.5. The molecule has 1 aromatic heterocycles. The minimum absolute atomic E-state index is 0.0591. The number of piperidine rings is 1. The van der Waals surface area contributed by atoms with Crippen LogP contribution in [0.1, 0.15) is 36.8 Å². The van der Waals surface area contributed by atoms with Crippen LogP contribution >= 0.6 is 0 Å². The Hall–Kier alpha value is -2.40. The molecular weight excluding hydrogens is 328 g/mol. The van der Waals surface area contributed by atoms with Gasteiger partial charge in [0.2, 0.25) is 0 Å². The van der Waals surface area contributed by atoms with E-state index in [0.717, 1.165) is 24.0 Å². The van der Waals surface area contributed by atoms with Crippen molar-refractivity contribution in [3.63, 3.8) is 0 Å². The number of nitrogens with zero attached hydrogens (tertiary/aromatic N) is 2. The monoisotopic (exact) mass is 352 g/mol. The topological polar surface area (TPSA) is 62.7 Å². The standard InChI is InChI=1S/C21H24N2O3/c24-20(26-15-17-4-2-1-3-5-17)23-18-6-7-19(23)14-21(25,13-18)12-16-8-10-22-11-9-16/h1-5,8-11,18-19,25H,6-7,12-15H2. The Kier molecular flexibility index (Phi) is 4.64. The second-order valence-corrected chi connectivity index (χ2v) is 7.50. The Bertz CT molecular complexity index is 736. The fourth-order valence-corrected chi connectivity index (χ4v) is 4.44. The normalized spacial score (nSPS) is 27.3. The highest BCUT2D eigenvalue weighted by atomic mass is 16.6. The van der Waals surface area contributed by atoms with Gasteiger partial charge >= 0.3 is 6.09 Å². The Morgan fingerprint density at radius 1 is 1.08 bits per heavy atom. The van der Waals surface area contributed by atoms with Crippen LogP contribution in [0.3, 0.4) is 0 Å². The quantitative estimate of drug-likeness (QED) is 0.917. The highest BCUT2D eigenvalue weighted by molar-refractivity contribution is 5.69. The summed E-state index contributed by atoms with van der Waals surface area (Å²) in [6.45, 7) is 0.289. The zero-order chi connectivity index (χ0) is 18.0. The van der Waals surface area contributed by atoms with Gasteiger partial charge in [0.05, 0.1) is 5.60 Å². The van der Waals surface area contributed by atoms with Crippen molar-refractivity contribution >= 4 is 6.09 Å². The molecule has 2 bridgehead atoms. The van der Waals surface area contributed by atoms with Gasteiger partial charge in [-0.25, -0.2) is 4.79 Å². The molecule has 5 nitrogen and oxygen atoms in total. The van der Waals surface area contributed by atoms with E-state index in [0.29, 0.717) is 19.3 Å². The predicted molar refractivity (Wildman–Crippen MR) is 97.4 cm³/mol. The summed E-state index contributed by atoms with van der Waals surface area (Å²) in [5.41, 5.74) is 1.31. The molecular formula is C21H24N2O3. The van der Waals surface area contributed by atoms with E-state index >= 15 is 0 Å². The van der Waals surface area contributed by atoms with Gasteiger partial charge in [-0.1, -0.05) is 30.3 Å². The molecule has 5 heteroatoms. The maximum atomic E-state index is 12.6. The molecule has 3 heterocycles. The Morgan fingerprint density at radius 3 is 2.38 bits per heavy atom. The van der Waals surface area contributed by atoms with Crippen LogP contribution in [0.25, 0.3) is 0 Å². The van der Waals surface area contributed by atoms with E-state index in [4.69, 9.17) is 4.74 Å². The van der Waals surface area contributed by atoms with Gasteiger partial charge in [-0.3, -0.25) is 4.98 Å². The minimum Gasteiger partial charge on any atom is -0.445 e. The third-order valence-electron chi connectivity index (χ3n) is 5.55. The van der Waals surface area contributed by atoms with E-state index in [1.807, 2.05) is 47.4 Å². The molecule has 0 spiro atoms. The van der Waals surface area contributed by atoms with Crippen molar-refractivity contribution < 1.29 is 14.6 Å². The molecule has 0 saturated carbocycles. The number of rotatable bonds is 4. The first-order chi connectivity index (χ1) is 12.6. The molecule has 2 saturated heterocycles. The maximum Gasteiger partial charge on any atom is 0.410 e. The Morgan fingerprint density at radius 2 is 1.73 bits per heavy atom. The highest BCUT2D eigenvalue weighted by Gasteiger charge is 2.49. The first-order valence-corrected chi connectivity index (χ1v) is 9.23. The van der Waals surface area contributed by atoms with Crippen molar-refractivity contribution in [3.8, 4) is 0 Å². The van der Waals surface area contributed by atoms with Crippen LogP contribution in [-0.4, -0.2) is 38.8 Å². The summed E-state index contributed by atoms with van der Waals surface area (Å²) in [6, 6.07) is 13.7. The molecule has 0 aliphatic carbocycles. The van der Waals surface area contributed by atoms with Crippen LogP contribution in [0.15, 0.2) is 54.9 Å². The van der Waals surface area contributed by atoms with Crippen molar-refractivity contribution in [2.75, 3.05) is 0 Å². The third kappa shape index (κ3) is 3.58. The van der Waals surface area contributed by atoms with Gasteiger partial charge in [0.25, 0.3) is 0 Å². The van der Waals surface area contributed by atoms with Crippen LogP contribution in [0.2, 0.25) is 0 Å². The van der Waals surface area contributed by atoms with Gasteiger partial charge in [0.15, 0.2) is 0 Å². The number of aromatic nitrogens is 1. The SMILES string of the molecule is O=C(OCc1ccccc1)N1C2CCC1CC(O)(Cc1ccncc1)C2. The summed E-state index contributed by atoms with van der Waals surface area (Å²) in [5, 5.41) is 11.1. The van der Waals surface area contributed by atoms with Gasteiger partial charge in [-0.2, -0.15) is 0 Å². The van der Waals surface area contributed by atoms with E-state index in [1.54, 1.807) is 12.4 Å². The number of pyridine rings is 1. The number of hydrogen-bond donors (Lipinski definition) is 1. The van der Waals surface area contributed by atoms with Gasteiger partial charge in [-0.05, 0) is 48.9 Å². The molecule has 2 aliphatic rings. The van der Waals surface area contributed by atoms with Gasteiger partial charge < -0.3 is 14.7 Å². The van der Waals surface area contributed by atoms with E-state index in [9.17, 15) is 9.90 Å². The molecule has 1 aromatic carbocycles. The number of hydrogen-bond acceptors (Lipinski definition) is 4. The summed E-state index contributed by atoms with van der Waals surface area (Å²) in [5.74, 6) is 0. The van der Waals surface area contributed by atoms with Crippen molar-refractivity contribution in [1.29, 1.82) is 0 Å². The third-order valence-corrected chi connectivity index (χ3v) is 5.55. The summed E-state index contributed by atoms with van der Waals surface area (Å²) < 4.78 is 5.53. The lowest BCUT2D eigenvalue weighted by Crippen LogP contribution is -2.54. The van der Waals surface area contributed by atoms with E-state index < -0.39 is 5.60 Å². The molecule has 1 N–H and O–H groups in total. The maximum absolute atomic E-state index is 12.6. The van der Waals surface area contributed by atoms with Gasteiger partial charge in [0.1, 0.15) is 6.61 Å². The van der Waals surface area contributed by atoms with E-state index in [2.05, 4.69) is 4.98 Å². The Balaban J connectivity index is 1.39. The van der Waals surface area contributed by atoms with Crippen molar-refractivity contribution in [2.24, 2.45) is 0 Å². The zero-order valence-corrected chi connectivity index (χ0v) is 14.8. The number of amides is 1. The largest absolute Gasteiger partial charge is 0.445 e. The number of benzene rings is 1. The predicted octanol–water partition coefficient (Wildman–Crippen LogP) is 3.32. The molecule has 2 aromatic rings. The second kappa shape index (κ2) is 7.08. The lowest BCUT2D eigenvalue weighted by Gasteiger charge is -2.43. The Labute approximate surface area is 153 Å². The second-order valence-electron chi connectivity index (χ2n) is 7.50. The smallest absolute Gasteiger partial charge is 0.410 e. The molecule has 26 heavy (non-hydrogen) atoms. The zero-order valence-electron chi connectivity index (χ0n) is 14.8. The van der Waals surface area contributed by atoms with E-state index in [-0.39, 0.29) is 24.8 Å². The van der Waals surface area contributed by atoms with Crippen LogP contribution in [-0.2, 0) is 17.8 Å². The fourth-order valence-electron chi connectivity index (χ4n) is 4.44. The molecule has 4 rings (SSSR count). The molecule has 2 fully saturated rings. The van der Waals surface area contributed by atoms with E-state index in [1.165, 1.54) is 0 Å². The van der Waals surface area contributed by atoms with Crippen molar-refractivity contribution in [1.82, 2.24) is 9.88 Å². The first kappa shape index (κ1) is 17.0. The summed E-state index contributed by atoms with van der Waals surface area (Å²) >= 11 is 0.